The standard InChI is InChI=1S/C25H28N4O4/c1-16(24(26)30)28-25(31)20-4-2-3-19(13-20)22-14-23(33-29-22)18-7-5-17(6-8-18)15-27-21-9-11-32-12-10-21/h2-8,13-14,16,21,27H,9-12,15H2,1H3,(H2,26,30)(H,28,31)/t16-/m0/s1. The van der Waals surface area contributed by atoms with Crippen LogP contribution in [0.1, 0.15) is 35.7 Å². The Balaban J connectivity index is 1.41. The van der Waals surface area contributed by atoms with Crippen molar-refractivity contribution >= 4 is 11.8 Å². The van der Waals surface area contributed by atoms with Gasteiger partial charge >= 0.3 is 0 Å². The predicted molar refractivity (Wildman–Crippen MR) is 124 cm³/mol. The topological polar surface area (TPSA) is 119 Å². The number of amides is 2. The van der Waals surface area contributed by atoms with Gasteiger partial charge in [0, 0.05) is 48.6 Å². The lowest BCUT2D eigenvalue weighted by Crippen LogP contribution is -2.42. The average molecular weight is 449 g/mol. The molecule has 1 atom stereocenters. The van der Waals surface area contributed by atoms with Gasteiger partial charge in [0.2, 0.25) is 5.91 Å². The lowest BCUT2D eigenvalue weighted by Gasteiger charge is -2.23. The van der Waals surface area contributed by atoms with Gasteiger partial charge in [0.1, 0.15) is 11.7 Å². The number of ether oxygens (including phenoxy) is 1. The molecule has 0 unspecified atom stereocenters. The molecule has 4 N–H and O–H groups in total. The Morgan fingerprint density at radius 3 is 2.58 bits per heavy atom. The van der Waals surface area contributed by atoms with Crippen LogP contribution in [0.2, 0.25) is 0 Å². The van der Waals surface area contributed by atoms with Gasteiger partial charge in [-0.1, -0.05) is 41.6 Å². The zero-order valence-corrected chi connectivity index (χ0v) is 18.5. The summed E-state index contributed by atoms with van der Waals surface area (Å²) >= 11 is 0. The molecule has 0 bridgehead atoms. The molecule has 0 aliphatic carbocycles. The first-order valence-corrected chi connectivity index (χ1v) is 11.1. The van der Waals surface area contributed by atoms with Gasteiger partial charge < -0.3 is 25.6 Å². The zero-order valence-electron chi connectivity index (χ0n) is 18.5. The summed E-state index contributed by atoms with van der Waals surface area (Å²) in [4.78, 5) is 23.6. The number of rotatable bonds is 8. The van der Waals surface area contributed by atoms with Crippen LogP contribution in [0.3, 0.4) is 0 Å². The van der Waals surface area contributed by atoms with E-state index in [0.717, 1.165) is 43.7 Å². The van der Waals surface area contributed by atoms with E-state index in [9.17, 15) is 9.59 Å². The fraction of sp³-hybridized carbons (Fsp3) is 0.320. The summed E-state index contributed by atoms with van der Waals surface area (Å²) in [6.45, 7) is 4.01. The minimum absolute atomic E-state index is 0.378. The van der Waals surface area contributed by atoms with Gasteiger partial charge in [-0.3, -0.25) is 9.59 Å². The molecule has 1 fully saturated rings. The van der Waals surface area contributed by atoms with Gasteiger partial charge in [-0.05, 0) is 37.5 Å². The van der Waals surface area contributed by atoms with Crippen molar-refractivity contribution in [3.05, 3.63) is 65.7 Å². The van der Waals surface area contributed by atoms with Crippen molar-refractivity contribution in [1.82, 2.24) is 15.8 Å². The molecule has 1 aliphatic heterocycles. The first kappa shape index (κ1) is 22.7. The highest BCUT2D eigenvalue weighted by Crippen LogP contribution is 2.27. The molecule has 0 saturated carbocycles. The second kappa shape index (κ2) is 10.4. The van der Waals surface area contributed by atoms with E-state index >= 15 is 0 Å². The number of nitrogens with one attached hydrogen (secondary N) is 2. The SMILES string of the molecule is C[C@H](NC(=O)c1cccc(-c2cc(-c3ccc(CNC4CCOCC4)cc3)on2)c1)C(N)=O. The van der Waals surface area contributed by atoms with E-state index in [4.69, 9.17) is 15.0 Å². The molecule has 33 heavy (non-hydrogen) atoms. The van der Waals surface area contributed by atoms with E-state index in [1.54, 1.807) is 25.1 Å². The molecule has 8 nitrogen and oxygen atoms in total. The molecule has 0 radical (unpaired) electrons. The number of nitrogens with zero attached hydrogens (tertiary/aromatic N) is 1. The highest BCUT2D eigenvalue weighted by Gasteiger charge is 2.16. The van der Waals surface area contributed by atoms with Gasteiger partial charge in [-0.15, -0.1) is 0 Å². The Labute approximate surface area is 192 Å². The molecule has 0 spiro atoms. The first-order chi connectivity index (χ1) is 16.0. The third-order valence-corrected chi connectivity index (χ3v) is 5.76. The smallest absolute Gasteiger partial charge is 0.251 e. The van der Waals surface area contributed by atoms with Crippen LogP contribution in [0, 0.1) is 0 Å². The normalized spacial score (nSPS) is 15.2. The molecule has 4 rings (SSSR count). The van der Waals surface area contributed by atoms with Crippen LogP contribution < -0.4 is 16.4 Å². The van der Waals surface area contributed by atoms with E-state index in [0.29, 0.717) is 23.1 Å². The fourth-order valence-corrected chi connectivity index (χ4v) is 3.67. The van der Waals surface area contributed by atoms with Crippen LogP contribution in [0.5, 0.6) is 0 Å². The van der Waals surface area contributed by atoms with Gasteiger partial charge in [0.15, 0.2) is 5.76 Å². The number of hydrogen-bond acceptors (Lipinski definition) is 6. The van der Waals surface area contributed by atoms with Crippen molar-refractivity contribution in [1.29, 1.82) is 0 Å². The number of nitrogens with two attached hydrogens (primary N) is 1. The molecule has 2 aromatic carbocycles. The third-order valence-electron chi connectivity index (χ3n) is 5.76. The van der Waals surface area contributed by atoms with E-state index in [1.807, 2.05) is 24.3 Å². The molecule has 8 heteroatoms. The Morgan fingerprint density at radius 2 is 1.85 bits per heavy atom. The molecule has 1 aromatic heterocycles. The molecular weight excluding hydrogens is 420 g/mol. The number of carbonyl (C=O) groups is 2. The lowest BCUT2D eigenvalue weighted by atomic mass is 10.0. The maximum Gasteiger partial charge on any atom is 0.251 e. The van der Waals surface area contributed by atoms with Crippen molar-refractivity contribution in [2.45, 2.75) is 38.4 Å². The van der Waals surface area contributed by atoms with E-state index in [2.05, 4.69) is 27.9 Å². The quantitative estimate of drug-likeness (QED) is 0.487. The maximum atomic E-state index is 12.4. The first-order valence-electron chi connectivity index (χ1n) is 11.1. The molecule has 1 aliphatic rings. The van der Waals surface area contributed by atoms with Crippen LogP contribution >= 0.6 is 0 Å². The van der Waals surface area contributed by atoms with Crippen LogP contribution in [0.25, 0.3) is 22.6 Å². The summed E-state index contributed by atoms with van der Waals surface area (Å²) in [5.41, 5.74) is 9.11. The summed E-state index contributed by atoms with van der Waals surface area (Å²) in [6.07, 6.45) is 2.10. The summed E-state index contributed by atoms with van der Waals surface area (Å²) < 4.78 is 11.0. The van der Waals surface area contributed by atoms with Crippen molar-refractivity contribution in [2.24, 2.45) is 5.73 Å². The van der Waals surface area contributed by atoms with Gasteiger partial charge in [0.25, 0.3) is 5.91 Å². The fourth-order valence-electron chi connectivity index (χ4n) is 3.67. The Hall–Kier alpha value is -3.49. The van der Waals surface area contributed by atoms with Crippen LogP contribution in [0.4, 0.5) is 0 Å². The van der Waals surface area contributed by atoms with Crippen LogP contribution in [-0.2, 0) is 16.1 Å². The highest BCUT2D eigenvalue weighted by molar-refractivity contribution is 5.98. The molecule has 172 valence electrons. The Morgan fingerprint density at radius 1 is 1.09 bits per heavy atom. The van der Waals surface area contributed by atoms with Gasteiger partial charge in [-0.2, -0.15) is 0 Å². The molecule has 2 heterocycles. The summed E-state index contributed by atoms with van der Waals surface area (Å²) in [5, 5.41) is 10.3. The number of hydrogen-bond donors (Lipinski definition) is 3. The summed E-state index contributed by atoms with van der Waals surface area (Å²) in [6, 6.07) is 16.8. The summed E-state index contributed by atoms with van der Waals surface area (Å²) in [7, 11) is 0. The monoisotopic (exact) mass is 448 g/mol. The van der Waals surface area contributed by atoms with Crippen LogP contribution in [-0.4, -0.2) is 42.3 Å². The van der Waals surface area contributed by atoms with Crippen molar-refractivity contribution in [2.75, 3.05) is 13.2 Å². The molecule has 2 amide bonds. The van der Waals surface area contributed by atoms with Gasteiger partial charge in [-0.25, -0.2) is 0 Å². The van der Waals surface area contributed by atoms with Crippen molar-refractivity contribution < 1.29 is 18.8 Å². The lowest BCUT2D eigenvalue weighted by molar-refractivity contribution is -0.119. The zero-order chi connectivity index (χ0) is 23.2. The largest absolute Gasteiger partial charge is 0.381 e. The van der Waals surface area contributed by atoms with Crippen molar-refractivity contribution in [3.63, 3.8) is 0 Å². The number of primary amides is 1. The molecule has 3 aromatic rings. The highest BCUT2D eigenvalue weighted by atomic mass is 16.5. The number of benzene rings is 2. The van der Waals surface area contributed by atoms with Gasteiger partial charge in [0.05, 0.1) is 0 Å². The molecular formula is C25H28N4O4. The van der Waals surface area contributed by atoms with Crippen LogP contribution in [0.15, 0.2) is 59.1 Å². The van der Waals surface area contributed by atoms with E-state index in [1.165, 1.54) is 5.56 Å². The Kier molecular flexibility index (Phi) is 7.16. The second-order valence-electron chi connectivity index (χ2n) is 8.22. The number of carbonyl (C=O) groups excluding carboxylic acids is 2. The summed E-state index contributed by atoms with van der Waals surface area (Å²) in [5.74, 6) is -0.325. The maximum absolute atomic E-state index is 12.4. The average Bonchev–Trinajstić information content (AvgIpc) is 3.34. The van der Waals surface area contributed by atoms with E-state index in [-0.39, 0.29) is 5.91 Å². The second-order valence-corrected chi connectivity index (χ2v) is 8.22. The minimum atomic E-state index is -0.755. The van der Waals surface area contributed by atoms with Crippen molar-refractivity contribution in [3.8, 4) is 22.6 Å². The Bertz CT molecular complexity index is 1100. The third kappa shape index (κ3) is 5.85. The predicted octanol–water partition coefficient (Wildman–Crippen LogP) is 2.88. The minimum Gasteiger partial charge on any atom is -0.381 e. The van der Waals surface area contributed by atoms with E-state index < -0.39 is 11.9 Å². The number of aromatic nitrogens is 1. The molecule has 1 saturated heterocycles.